The molecular formula is C21H28FN3O4. The fourth-order valence-corrected chi connectivity index (χ4v) is 4.21. The largest absolute Gasteiger partial charge is 0.497 e. The van der Waals surface area contributed by atoms with Crippen molar-refractivity contribution in [3.8, 4) is 5.75 Å². The summed E-state index contributed by atoms with van der Waals surface area (Å²) in [4.78, 5) is 43.2. The summed E-state index contributed by atoms with van der Waals surface area (Å²) >= 11 is 0. The molecule has 2 aliphatic heterocycles. The third kappa shape index (κ3) is 3.56. The van der Waals surface area contributed by atoms with Crippen LogP contribution in [-0.4, -0.2) is 71.4 Å². The van der Waals surface area contributed by atoms with Crippen LogP contribution in [0.2, 0.25) is 0 Å². The number of hydrogen-bond donors (Lipinski definition) is 0. The molecule has 0 unspecified atom stereocenters. The van der Waals surface area contributed by atoms with Crippen LogP contribution in [0.3, 0.4) is 0 Å². The van der Waals surface area contributed by atoms with Gasteiger partial charge in [0.2, 0.25) is 0 Å². The molecule has 0 atom stereocenters. The fraction of sp³-hybridized carbons (Fsp3) is 0.571. The number of hydrogen-bond acceptors (Lipinski definition) is 4. The highest BCUT2D eigenvalue weighted by atomic mass is 19.1. The van der Waals surface area contributed by atoms with Gasteiger partial charge in [-0.3, -0.25) is 14.5 Å². The minimum absolute atomic E-state index is 0.0233. The van der Waals surface area contributed by atoms with Crippen molar-refractivity contribution in [1.82, 2.24) is 14.7 Å². The first kappa shape index (κ1) is 21.1. The van der Waals surface area contributed by atoms with Crippen molar-refractivity contribution in [2.75, 3.05) is 33.3 Å². The SMILES string of the molecule is CCN1C(=O)N(CC(C)C)C2(CCN(C(=O)c3ccc(OC)cc3F)CC2)C1=O. The second-order valence-electron chi connectivity index (χ2n) is 8.01. The van der Waals surface area contributed by atoms with Gasteiger partial charge in [-0.05, 0) is 37.8 Å². The van der Waals surface area contributed by atoms with E-state index < -0.39 is 17.3 Å². The summed E-state index contributed by atoms with van der Waals surface area (Å²) in [6.45, 7) is 7.19. The molecule has 3 rings (SSSR count). The molecule has 1 aromatic rings. The van der Waals surface area contributed by atoms with E-state index in [1.807, 2.05) is 13.8 Å². The number of urea groups is 1. The highest BCUT2D eigenvalue weighted by molar-refractivity contribution is 6.07. The normalized spacial score (nSPS) is 18.9. The Morgan fingerprint density at radius 1 is 1.24 bits per heavy atom. The molecule has 2 fully saturated rings. The van der Waals surface area contributed by atoms with E-state index in [-0.39, 0.29) is 36.5 Å². The highest BCUT2D eigenvalue weighted by Gasteiger charge is 2.57. The van der Waals surface area contributed by atoms with Gasteiger partial charge < -0.3 is 14.5 Å². The summed E-state index contributed by atoms with van der Waals surface area (Å²) in [6.07, 6.45) is 0.703. The maximum Gasteiger partial charge on any atom is 0.327 e. The quantitative estimate of drug-likeness (QED) is 0.707. The number of benzene rings is 1. The Balaban J connectivity index is 1.79. The maximum atomic E-state index is 14.3. The summed E-state index contributed by atoms with van der Waals surface area (Å²) in [6, 6.07) is 3.88. The van der Waals surface area contributed by atoms with Gasteiger partial charge in [0, 0.05) is 32.2 Å². The Labute approximate surface area is 170 Å². The zero-order chi connectivity index (χ0) is 21.3. The number of halogens is 1. The second-order valence-corrected chi connectivity index (χ2v) is 8.01. The Bertz CT molecular complexity index is 818. The monoisotopic (exact) mass is 405 g/mol. The summed E-state index contributed by atoms with van der Waals surface area (Å²) in [7, 11) is 1.43. The van der Waals surface area contributed by atoms with Crippen LogP contribution in [0.25, 0.3) is 0 Å². The number of piperidine rings is 1. The van der Waals surface area contributed by atoms with Gasteiger partial charge in [-0.25, -0.2) is 9.18 Å². The molecule has 0 radical (unpaired) electrons. The van der Waals surface area contributed by atoms with Gasteiger partial charge in [-0.1, -0.05) is 13.8 Å². The Morgan fingerprint density at radius 2 is 1.90 bits per heavy atom. The van der Waals surface area contributed by atoms with Gasteiger partial charge >= 0.3 is 6.03 Å². The average molecular weight is 405 g/mol. The Kier molecular flexibility index (Phi) is 5.82. The van der Waals surface area contributed by atoms with E-state index in [1.54, 1.807) is 22.8 Å². The van der Waals surface area contributed by atoms with Crippen molar-refractivity contribution in [2.45, 2.75) is 39.2 Å². The van der Waals surface area contributed by atoms with Crippen LogP contribution in [0.4, 0.5) is 9.18 Å². The van der Waals surface area contributed by atoms with Gasteiger partial charge in [0.15, 0.2) is 0 Å². The molecule has 4 amide bonds. The first-order chi connectivity index (χ1) is 13.7. The third-order valence-electron chi connectivity index (χ3n) is 5.77. The number of rotatable bonds is 5. The highest BCUT2D eigenvalue weighted by Crippen LogP contribution is 2.38. The van der Waals surface area contributed by atoms with Gasteiger partial charge in [0.1, 0.15) is 17.1 Å². The minimum atomic E-state index is -0.910. The lowest BCUT2D eigenvalue weighted by Gasteiger charge is -2.42. The van der Waals surface area contributed by atoms with Gasteiger partial charge in [-0.2, -0.15) is 0 Å². The van der Waals surface area contributed by atoms with Crippen molar-refractivity contribution >= 4 is 17.8 Å². The summed E-state index contributed by atoms with van der Waals surface area (Å²) < 4.78 is 19.3. The molecule has 1 aromatic carbocycles. The van der Waals surface area contributed by atoms with Crippen molar-refractivity contribution in [1.29, 1.82) is 0 Å². The number of carbonyl (C=O) groups excluding carboxylic acids is 3. The maximum absolute atomic E-state index is 14.3. The molecule has 2 saturated heterocycles. The van der Waals surface area contributed by atoms with Crippen LogP contribution in [0.15, 0.2) is 18.2 Å². The third-order valence-corrected chi connectivity index (χ3v) is 5.77. The molecule has 2 heterocycles. The number of carbonyl (C=O) groups is 3. The molecular weight excluding hydrogens is 377 g/mol. The standard InChI is InChI=1S/C21H28FN3O4/c1-5-24-19(27)21(25(20(24)28)13-14(2)3)8-10-23(11-9-21)18(26)16-7-6-15(29-4)12-17(16)22/h6-7,12,14H,5,8-11,13H2,1-4H3. The van der Waals surface area contributed by atoms with E-state index in [0.29, 0.717) is 31.7 Å². The number of likely N-dealkylation sites (N-methyl/N-ethyl adjacent to an activating group) is 1. The van der Waals surface area contributed by atoms with Crippen LogP contribution in [0.1, 0.15) is 44.0 Å². The summed E-state index contributed by atoms with van der Waals surface area (Å²) in [5, 5.41) is 0. The van der Waals surface area contributed by atoms with E-state index in [9.17, 15) is 18.8 Å². The molecule has 0 N–H and O–H groups in total. The van der Waals surface area contributed by atoms with Crippen LogP contribution in [0.5, 0.6) is 5.75 Å². The summed E-state index contributed by atoms with van der Waals surface area (Å²) in [5.41, 5.74) is -0.933. The molecule has 0 aliphatic carbocycles. The smallest absolute Gasteiger partial charge is 0.327 e. The van der Waals surface area contributed by atoms with Crippen molar-refractivity contribution in [3.63, 3.8) is 0 Å². The molecule has 158 valence electrons. The van der Waals surface area contributed by atoms with E-state index >= 15 is 0 Å². The lowest BCUT2D eigenvalue weighted by molar-refractivity contribution is -0.135. The van der Waals surface area contributed by atoms with Crippen molar-refractivity contribution < 1.29 is 23.5 Å². The first-order valence-electron chi connectivity index (χ1n) is 10.0. The van der Waals surface area contributed by atoms with Crippen molar-refractivity contribution in [2.24, 2.45) is 5.92 Å². The predicted octanol–water partition coefficient (Wildman–Crippen LogP) is 2.75. The van der Waals surface area contributed by atoms with Crippen LogP contribution < -0.4 is 4.74 Å². The summed E-state index contributed by atoms with van der Waals surface area (Å²) in [5.74, 6) is -0.683. The minimum Gasteiger partial charge on any atom is -0.497 e. The average Bonchev–Trinajstić information content (AvgIpc) is 2.88. The zero-order valence-electron chi connectivity index (χ0n) is 17.4. The molecule has 0 bridgehead atoms. The van der Waals surface area contributed by atoms with E-state index in [4.69, 9.17) is 4.74 Å². The fourth-order valence-electron chi connectivity index (χ4n) is 4.21. The number of methoxy groups -OCH3 is 1. The second kappa shape index (κ2) is 8.00. The lowest BCUT2D eigenvalue weighted by Crippen LogP contribution is -2.58. The first-order valence-corrected chi connectivity index (χ1v) is 10.0. The van der Waals surface area contributed by atoms with E-state index in [2.05, 4.69) is 0 Å². The number of likely N-dealkylation sites (tertiary alicyclic amines) is 1. The van der Waals surface area contributed by atoms with E-state index in [0.717, 1.165) is 0 Å². The topological polar surface area (TPSA) is 70.2 Å². The number of nitrogens with zero attached hydrogens (tertiary/aromatic N) is 3. The zero-order valence-corrected chi connectivity index (χ0v) is 17.4. The van der Waals surface area contributed by atoms with Crippen LogP contribution in [-0.2, 0) is 4.79 Å². The van der Waals surface area contributed by atoms with Crippen LogP contribution in [0, 0.1) is 11.7 Å². The molecule has 0 saturated carbocycles. The predicted molar refractivity (Wildman–Crippen MR) is 105 cm³/mol. The number of amides is 4. The Morgan fingerprint density at radius 3 is 2.41 bits per heavy atom. The number of ether oxygens (including phenoxy) is 1. The molecule has 0 aromatic heterocycles. The lowest BCUT2D eigenvalue weighted by atomic mass is 9.85. The van der Waals surface area contributed by atoms with Gasteiger partial charge in [0.05, 0.1) is 12.7 Å². The number of imide groups is 1. The van der Waals surface area contributed by atoms with Crippen molar-refractivity contribution in [3.05, 3.63) is 29.6 Å². The van der Waals surface area contributed by atoms with Gasteiger partial charge in [-0.15, -0.1) is 0 Å². The van der Waals surface area contributed by atoms with E-state index in [1.165, 1.54) is 24.1 Å². The van der Waals surface area contributed by atoms with Gasteiger partial charge in [0.25, 0.3) is 11.8 Å². The van der Waals surface area contributed by atoms with Crippen LogP contribution >= 0.6 is 0 Å². The Hall–Kier alpha value is -2.64. The molecule has 7 nitrogen and oxygen atoms in total. The molecule has 2 aliphatic rings. The molecule has 1 spiro atoms. The molecule has 29 heavy (non-hydrogen) atoms. The molecule has 8 heteroatoms.